The fourth-order valence-corrected chi connectivity index (χ4v) is 1.70. The summed E-state index contributed by atoms with van der Waals surface area (Å²) in [6, 6.07) is 2.12. The molecule has 2 heterocycles. The van der Waals surface area contributed by atoms with Crippen LogP contribution in [-0.2, 0) is 0 Å². The molecule has 1 N–H and O–H groups in total. The Labute approximate surface area is 75.3 Å². The highest BCUT2D eigenvalue weighted by molar-refractivity contribution is 7.95. The zero-order valence-electron chi connectivity index (χ0n) is 6.32. The molecule has 4 heteroatoms. The summed E-state index contributed by atoms with van der Waals surface area (Å²) in [6.07, 6.45) is 8.33. The molecule has 2 aliphatic rings. The van der Waals surface area contributed by atoms with Crippen LogP contribution >= 0.6 is 12.1 Å². The van der Waals surface area contributed by atoms with Crippen LogP contribution in [0.3, 0.4) is 0 Å². The molecule has 2 rings (SSSR count). The lowest BCUT2D eigenvalue weighted by atomic mass is 10.1. The topological polar surface area (TPSA) is 39.1 Å². The zero-order valence-corrected chi connectivity index (χ0v) is 7.14. The van der Waals surface area contributed by atoms with Crippen molar-refractivity contribution in [2.45, 2.75) is 6.42 Å². The van der Waals surface area contributed by atoms with Crippen molar-refractivity contribution >= 4 is 12.1 Å². The number of nitrogens with one attached hydrogen (secondary N) is 1. The molecule has 0 radical (unpaired) electrons. The number of nitriles is 1. The molecule has 0 spiro atoms. The Morgan fingerprint density at radius 1 is 1.67 bits per heavy atom. The first-order valence-electron chi connectivity index (χ1n) is 3.58. The van der Waals surface area contributed by atoms with E-state index in [2.05, 4.69) is 10.8 Å². The maximum Gasteiger partial charge on any atom is 0.0726 e. The Hall–Kier alpha value is -1.34. The minimum atomic E-state index is 0.479. The second kappa shape index (κ2) is 2.95. The van der Waals surface area contributed by atoms with Crippen LogP contribution in [0.1, 0.15) is 6.42 Å². The third-order valence-electron chi connectivity index (χ3n) is 1.65. The molecule has 2 aliphatic heterocycles. The Morgan fingerprint density at radius 2 is 2.58 bits per heavy atom. The molecule has 0 bridgehead atoms. The second-order valence-electron chi connectivity index (χ2n) is 2.47. The zero-order chi connectivity index (χ0) is 8.39. The van der Waals surface area contributed by atoms with Gasteiger partial charge < -0.3 is 4.72 Å². The number of hydrogen-bond acceptors (Lipinski definition) is 4. The van der Waals surface area contributed by atoms with E-state index >= 15 is 0 Å². The smallest absolute Gasteiger partial charge is 0.0726 e. The molecule has 12 heavy (non-hydrogen) atoms. The first kappa shape index (κ1) is 7.32. The summed E-state index contributed by atoms with van der Waals surface area (Å²) in [7, 11) is 0. The van der Waals surface area contributed by atoms with Gasteiger partial charge in [-0.15, -0.1) is 0 Å². The van der Waals surface area contributed by atoms with Gasteiger partial charge in [0.05, 0.1) is 30.3 Å². The van der Waals surface area contributed by atoms with E-state index in [1.807, 2.05) is 28.9 Å². The van der Waals surface area contributed by atoms with Crippen LogP contribution in [0, 0.1) is 11.3 Å². The summed E-state index contributed by atoms with van der Waals surface area (Å²) in [5.74, 6) is 0. The summed E-state index contributed by atoms with van der Waals surface area (Å²) in [5, 5.41) is 8.48. The lowest BCUT2D eigenvalue weighted by Crippen LogP contribution is -2.05. The largest absolute Gasteiger partial charge is 0.316 e. The number of hydrogen-bond donors (Lipinski definition) is 1. The minimum absolute atomic E-state index is 0.479. The molecule has 0 saturated carbocycles. The number of nitrogens with zero attached hydrogens (tertiary/aromatic N) is 2. The molecule has 0 unspecified atom stereocenters. The Kier molecular flexibility index (Phi) is 1.80. The molecule has 0 saturated heterocycles. The van der Waals surface area contributed by atoms with Gasteiger partial charge in [-0.1, -0.05) is 0 Å². The van der Waals surface area contributed by atoms with Crippen molar-refractivity contribution in [1.82, 2.24) is 9.03 Å². The van der Waals surface area contributed by atoms with Crippen molar-refractivity contribution in [2.75, 3.05) is 0 Å². The lowest BCUT2D eigenvalue weighted by molar-refractivity contribution is 0.798. The van der Waals surface area contributed by atoms with E-state index < -0.39 is 0 Å². The van der Waals surface area contributed by atoms with Gasteiger partial charge in [0, 0.05) is 12.4 Å². The van der Waals surface area contributed by atoms with Crippen molar-refractivity contribution in [3.63, 3.8) is 0 Å². The minimum Gasteiger partial charge on any atom is -0.316 e. The highest BCUT2D eigenvalue weighted by Crippen LogP contribution is 2.27. The van der Waals surface area contributed by atoms with Gasteiger partial charge >= 0.3 is 0 Å². The average Bonchev–Trinajstić information content (AvgIpc) is 2.51. The predicted molar refractivity (Wildman–Crippen MR) is 48.1 cm³/mol. The standard InChI is InChI=1S/C8H7N3S/c9-3-1-7-2-4-11-8(5-7)6-10-12-11/h2,4-6,10H,1H2. The fourth-order valence-electron chi connectivity index (χ4n) is 1.08. The van der Waals surface area contributed by atoms with E-state index in [0.29, 0.717) is 6.42 Å². The molecule has 0 fully saturated rings. The summed E-state index contributed by atoms with van der Waals surface area (Å²) >= 11 is 1.52. The molecule has 0 aromatic rings. The molecular weight excluding hydrogens is 170 g/mol. The van der Waals surface area contributed by atoms with Gasteiger partial charge in [0.2, 0.25) is 0 Å². The van der Waals surface area contributed by atoms with Gasteiger partial charge in [0.1, 0.15) is 0 Å². The third kappa shape index (κ3) is 1.19. The molecule has 60 valence electrons. The van der Waals surface area contributed by atoms with E-state index in [9.17, 15) is 0 Å². The van der Waals surface area contributed by atoms with Crippen LogP contribution in [0.15, 0.2) is 35.8 Å². The van der Waals surface area contributed by atoms with E-state index in [1.54, 1.807) is 0 Å². The van der Waals surface area contributed by atoms with E-state index in [0.717, 1.165) is 11.3 Å². The summed E-state index contributed by atoms with van der Waals surface area (Å²) < 4.78 is 5.04. The van der Waals surface area contributed by atoms with Crippen LogP contribution in [0.2, 0.25) is 0 Å². The third-order valence-corrected chi connectivity index (χ3v) is 2.41. The van der Waals surface area contributed by atoms with Crippen molar-refractivity contribution in [3.8, 4) is 6.07 Å². The van der Waals surface area contributed by atoms with Crippen LogP contribution in [0.4, 0.5) is 0 Å². The van der Waals surface area contributed by atoms with Gasteiger partial charge in [-0.3, -0.25) is 4.31 Å². The van der Waals surface area contributed by atoms with Crippen molar-refractivity contribution in [1.29, 1.82) is 5.26 Å². The van der Waals surface area contributed by atoms with Crippen LogP contribution in [0.25, 0.3) is 0 Å². The van der Waals surface area contributed by atoms with Crippen molar-refractivity contribution < 1.29 is 0 Å². The molecule has 0 atom stereocenters. The van der Waals surface area contributed by atoms with Crippen LogP contribution < -0.4 is 4.72 Å². The quantitative estimate of drug-likeness (QED) is 0.618. The van der Waals surface area contributed by atoms with Gasteiger partial charge in [-0.2, -0.15) is 5.26 Å². The first-order chi connectivity index (χ1) is 5.90. The predicted octanol–water partition coefficient (Wildman–Crippen LogP) is 1.66. The lowest BCUT2D eigenvalue weighted by Gasteiger charge is -2.15. The SMILES string of the molecule is N#CCC1=CC2=CNSN2C=C1. The molecule has 0 amide bonds. The molecule has 3 nitrogen and oxygen atoms in total. The van der Waals surface area contributed by atoms with Gasteiger partial charge in [-0.25, -0.2) is 0 Å². The number of rotatable bonds is 1. The van der Waals surface area contributed by atoms with E-state index in [1.165, 1.54) is 12.1 Å². The first-order valence-corrected chi connectivity index (χ1v) is 4.35. The van der Waals surface area contributed by atoms with Gasteiger partial charge in [0.25, 0.3) is 0 Å². The molecule has 0 aromatic heterocycles. The van der Waals surface area contributed by atoms with Gasteiger partial charge in [0.15, 0.2) is 0 Å². The molecule has 0 aromatic carbocycles. The van der Waals surface area contributed by atoms with Crippen LogP contribution in [-0.4, -0.2) is 4.31 Å². The van der Waals surface area contributed by atoms with Crippen LogP contribution in [0.5, 0.6) is 0 Å². The van der Waals surface area contributed by atoms with E-state index in [4.69, 9.17) is 5.26 Å². The summed E-state index contributed by atoms with van der Waals surface area (Å²) in [4.78, 5) is 0. The fraction of sp³-hybridized carbons (Fsp3) is 0.125. The Bertz CT molecular complexity index is 322. The van der Waals surface area contributed by atoms with Crippen molar-refractivity contribution in [2.24, 2.45) is 0 Å². The van der Waals surface area contributed by atoms with Crippen molar-refractivity contribution in [3.05, 3.63) is 35.8 Å². The highest BCUT2D eigenvalue weighted by atomic mass is 32.2. The van der Waals surface area contributed by atoms with Gasteiger partial charge in [-0.05, 0) is 17.7 Å². The number of allylic oxidation sites excluding steroid dienone is 3. The molecular formula is C8H7N3S. The Morgan fingerprint density at radius 3 is 3.42 bits per heavy atom. The summed E-state index contributed by atoms with van der Waals surface area (Å²) in [5.41, 5.74) is 2.16. The maximum atomic E-state index is 8.48. The van der Waals surface area contributed by atoms with E-state index in [-0.39, 0.29) is 0 Å². The molecule has 0 aliphatic carbocycles. The summed E-state index contributed by atoms with van der Waals surface area (Å²) in [6.45, 7) is 0. The number of fused-ring (bicyclic) bond motifs is 1. The maximum absolute atomic E-state index is 8.48. The highest BCUT2D eigenvalue weighted by Gasteiger charge is 2.14. The second-order valence-corrected chi connectivity index (χ2v) is 3.29. The normalized spacial score (nSPS) is 19.1. The Balaban J connectivity index is 2.21. The average molecular weight is 177 g/mol. The monoisotopic (exact) mass is 177 g/mol.